The Labute approximate surface area is 233 Å². The first-order valence-electron chi connectivity index (χ1n) is 11.2. The van der Waals surface area contributed by atoms with Crippen LogP contribution in [0.15, 0.2) is 91.0 Å². The summed E-state index contributed by atoms with van der Waals surface area (Å²) in [6.07, 6.45) is 0. The molecule has 36 heavy (non-hydrogen) atoms. The van der Waals surface area contributed by atoms with Gasteiger partial charge in [0.05, 0.1) is 22.1 Å². The first-order valence-corrected chi connectivity index (χ1v) is 13.0. The molecule has 0 aliphatic rings. The smallest absolute Gasteiger partial charge is 0.175 e. The minimum absolute atomic E-state index is 0.290. The SMILES string of the molecule is COc1cc(-c2nc(-c3ccccc3)c(-c3ccccc3)[nH]2)cc(I)c1OCc1ccc(Cl)cc1Cl. The van der Waals surface area contributed by atoms with Gasteiger partial charge in [0.2, 0.25) is 0 Å². The van der Waals surface area contributed by atoms with Crippen molar-refractivity contribution in [2.75, 3.05) is 7.11 Å². The molecular weight excluding hydrogens is 606 g/mol. The maximum absolute atomic E-state index is 6.32. The number of hydrogen-bond acceptors (Lipinski definition) is 3. The fourth-order valence-corrected chi connectivity index (χ4v) is 5.13. The molecule has 180 valence electrons. The lowest BCUT2D eigenvalue weighted by Crippen LogP contribution is -2.01. The van der Waals surface area contributed by atoms with Gasteiger partial charge in [-0.15, -0.1) is 0 Å². The molecule has 1 heterocycles. The first-order chi connectivity index (χ1) is 17.5. The summed E-state index contributed by atoms with van der Waals surface area (Å²) in [5, 5.41) is 1.15. The summed E-state index contributed by atoms with van der Waals surface area (Å²) in [6.45, 7) is 0.290. The first kappa shape index (κ1) is 24.7. The largest absolute Gasteiger partial charge is 0.493 e. The van der Waals surface area contributed by atoms with Crippen LogP contribution < -0.4 is 9.47 Å². The fraction of sp³-hybridized carbons (Fsp3) is 0.0690. The summed E-state index contributed by atoms with van der Waals surface area (Å²) in [5.74, 6) is 2.00. The summed E-state index contributed by atoms with van der Waals surface area (Å²) < 4.78 is 12.7. The Hall–Kier alpha value is -3.00. The van der Waals surface area contributed by atoms with Crippen molar-refractivity contribution in [3.63, 3.8) is 0 Å². The van der Waals surface area contributed by atoms with E-state index in [0.29, 0.717) is 28.2 Å². The Balaban J connectivity index is 1.52. The summed E-state index contributed by atoms with van der Waals surface area (Å²) in [6, 6.07) is 29.7. The van der Waals surface area contributed by atoms with Crippen molar-refractivity contribution >= 4 is 45.8 Å². The third-order valence-electron chi connectivity index (χ3n) is 5.70. The topological polar surface area (TPSA) is 47.1 Å². The maximum atomic E-state index is 6.32. The van der Waals surface area contributed by atoms with Crippen LogP contribution in [0.25, 0.3) is 33.9 Å². The van der Waals surface area contributed by atoms with Gasteiger partial charge < -0.3 is 14.5 Å². The van der Waals surface area contributed by atoms with Gasteiger partial charge in [-0.3, -0.25) is 0 Å². The van der Waals surface area contributed by atoms with Gasteiger partial charge in [0.15, 0.2) is 11.5 Å². The Morgan fingerprint density at radius 1 is 0.833 bits per heavy atom. The molecule has 0 radical (unpaired) electrons. The van der Waals surface area contributed by atoms with Crippen LogP contribution >= 0.6 is 45.8 Å². The third kappa shape index (κ3) is 5.24. The highest BCUT2D eigenvalue weighted by Crippen LogP contribution is 2.39. The van der Waals surface area contributed by atoms with Gasteiger partial charge in [-0.2, -0.15) is 0 Å². The van der Waals surface area contributed by atoms with Gasteiger partial charge in [-0.25, -0.2) is 4.98 Å². The number of rotatable bonds is 7. The van der Waals surface area contributed by atoms with E-state index in [1.54, 1.807) is 19.2 Å². The summed E-state index contributed by atoms with van der Waals surface area (Å²) in [5.41, 5.74) is 5.70. The normalized spacial score (nSPS) is 10.9. The van der Waals surface area contributed by atoms with Gasteiger partial charge in [0.25, 0.3) is 0 Å². The van der Waals surface area contributed by atoms with Crippen LogP contribution in [0.5, 0.6) is 11.5 Å². The number of halogens is 3. The molecular formula is C29H21Cl2IN2O2. The van der Waals surface area contributed by atoms with Gasteiger partial charge in [0.1, 0.15) is 12.4 Å². The molecule has 0 atom stereocenters. The van der Waals surface area contributed by atoms with Crippen molar-refractivity contribution in [2.24, 2.45) is 0 Å². The second-order valence-electron chi connectivity index (χ2n) is 8.05. The third-order valence-corrected chi connectivity index (χ3v) is 7.09. The second-order valence-corrected chi connectivity index (χ2v) is 10.1. The average molecular weight is 627 g/mol. The molecule has 4 nitrogen and oxygen atoms in total. The van der Waals surface area contributed by atoms with Crippen molar-refractivity contribution in [1.82, 2.24) is 9.97 Å². The van der Waals surface area contributed by atoms with E-state index in [9.17, 15) is 0 Å². The molecule has 0 bridgehead atoms. The van der Waals surface area contributed by atoms with Gasteiger partial charge in [-0.05, 0) is 46.9 Å². The van der Waals surface area contributed by atoms with Crippen molar-refractivity contribution in [3.05, 3.63) is 110 Å². The zero-order valence-electron chi connectivity index (χ0n) is 19.3. The molecule has 0 amide bonds. The van der Waals surface area contributed by atoms with Gasteiger partial charge in [0, 0.05) is 32.3 Å². The van der Waals surface area contributed by atoms with Crippen LogP contribution in [0.2, 0.25) is 10.0 Å². The van der Waals surface area contributed by atoms with Crippen molar-refractivity contribution in [3.8, 4) is 45.4 Å². The lowest BCUT2D eigenvalue weighted by atomic mass is 10.1. The number of aromatic nitrogens is 2. The minimum Gasteiger partial charge on any atom is -0.493 e. The average Bonchev–Trinajstić information content (AvgIpc) is 3.35. The number of aromatic amines is 1. The van der Waals surface area contributed by atoms with E-state index < -0.39 is 0 Å². The van der Waals surface area contributed by atoms with Crippen LogP contribution in [-0.2, 0) is 6.61 Å². The van der Waals surface area contributed by atoms with E-state index in [4.69, 9.17) is 37.7 Å². The Bertz CT molecular complexity index is 1450. The standard InChI is InChI=1S/C29H21Cl2IN2O2/c1-35-25-15-21(14-24(32)28(25)36-17-20-12-13-22(30)16-23(20)31)29-33-26(18-8-4-2-5-9-18)27(34-29)19-10-6-3-7-11-19/h2-16H,17H2,1H3,(H,33,34). The van der Waals surface area contributed by atoms with E-state index in [1.165, 1.54) is 0 Å². The Kier molecular flexibility index (Phi) is 7.51. The molecule has 0 aliphatic carbocycles. The fourth-order valence-electron chi connectivity index (χ4n) is 3.91. The molecule has 1 N–H and O–H groups in total. The monoisotopic (exact) mass is 626 g/mol. The molecule has 4 aromatic carbocycles. The number of hydrogen-bond donors (Lipinski definition) is 1. The Morgan fingerprint density at radius 2 is 1.53 bits per heavy atom. The van der Waals surface area contributed by atoms with Crippen molar-refractivity contribution in [1.29, 1.82) is 0 Å². The lowest BCUT2D eigenvalue weighted by molar-refractivity contribution is 0.282. The number of ether oxygens (including phenoxy) is 2. The zero-order chi connectivity index (χ0) is 25.1. The van der Waals surface area contributed by atoms with Crippen LogP contribution in [0.4, 0.5) is 0 Å². The highest BCUT2D eigenvalue weighted by molar-refractivity contribution is 14.1. The molecule has 5 aromatic rings. The molecule has 5 rings (SSSR count). The van der Waals surface area contributed by atoms with E-state index in [-0.39, 0.29) is 0 Å². The summed E-state index contributed by atoms with van der Waals surface area (Å²) in [7, 11) is 1.63. The number of nitrogens with zero attached hydrogens (tertiary/aromatic N) is 1. The Morgan fingerprint density at radius 3 is 2.19 bits per heavy atom. The van der Waals surface area contributed by atoms with E-state index in [1.807, 2.05) is 54.6 Å². The van der Waals surface area contributed by atoms with Crippen LogP contribution in [0.3, 0.4) is 0 Å². The number of imidazole rings is 1. The van der Waals surface area contributed by atoms with Crippen LogP contribution in [0.1, 0.15) is 5.56 Å². The van der Waals surface area contributed by atoms with Crippen LogP contribution in [-0.4, -0.2) is 17.1 Å². The van der Waals surface area contributed by atoms with Gasteiger partial charge >= 0.3 is 0 Å². The minimum atomic E-state index is 0.290. The summed E-state index contributed by atoms with van der Waals surface area (Å²) >= 11 is 14.6. The number of methoxy groups -OCH3 is 1. The molecule has 7 heteroatoms. The predicted molar refractivity (Wildman–Crippen MR) is 155 cm³/mol. The molecule has 0 spiro atoms. The van der Waals surface area contributed by atoms with E-state index in [2.05, 4.69) is 51.8 Å². The maximum Gasteiger partial charge on any atom is 0.175 e. The molecule has 1 aromatic heterocycles. The molecule has 0 aliphatic heterocycles. The number of benzene rings is 4. The summed E-state index contributed by atoms with van der Waals surface area (Å²) in [4.78, 5) is 8.54. The van der Waals surface area contributed by atoms with E-state index >= 15 is 0 Å². The van der Waals surface area contributed by atoms with Crippen LogP contribution in [0, 0.1) is 3.57 Å². The van der Waals surface area contributed by atoms with Crippen molar-refractivity contribution < 1.29 is 9.47 Å². The molecule has 0 saturated heterocycles. The highest BCUT2D eigenvalue weighted by Gasteiger charge is 2.19. The lowest BCUT2D eigenvalue weighted by Gasteiger charge is -2.14. The number of nitrogens with one attached hydrogen (secondary N) is 1. The quantitative estimate of drug-likeness (QED) is 0.184. The van der Waals surface area contributed by atoms with E-state index in [0.717, 1.165) is 43.0 Å². The molecule has 0 saturated carbocycles. The van der Waals surface area contributed by atoms with Gasteiger partial charge in [-0.1, -0.05) is 89.9 Å². The highest BCUT2D eigenvalue weighted by atomic mass is 127. The number of H-pyrrole nitrogens is 1. The molecule has 0 unspecified atom stereocenters. The predicted octanol–water partition coefficient (Wildman–Crippen LogP) is 8.91. The zero-order valence-corrected chi connectivity index (χ0v) is 22.9. The molecule has 0 fully saturated rings. The van der Waals surface area contributed by atoms with Crippen molar-refractivity contribution in [2.45, 2.75) is 6.61 Å². The second kappa shape index (κ2) is 10.9.